The lowest BCUT2D eigenvalue weighted by Gasteiger charge is -2.08. The Morgan fingerprint density at radius 1 is 0.778 bits per heavy atom. The highest BCUT2D eigenvalue weighted by Gasteiger charge is 2.04. The lowest BCUT2D eigenvalue weighted by molar-refractivity contribution is 0.475. The van der Waals surface area contributed by atoms with Crippen LogP contribution in [0.2, 0.25) is 0 Å². The predicted molar refractivity (Wildman–Crippen MR) is 74.9 cm³/mol. The van der Waals surface area contributed by atoms with Crippen molar-refractivity contribution in [3.8, 4) is 5.75 Å². The Labute approximate surface area is 106 Å². The molecule has 0 aliphatic heterocycles. The monoisotopic (exact) mass is 234 g/mol. The van der Waals surface area contributed by atoms with Crippen molar-refractivity contribution >= 4 is 10.8 Å². The number of phenolic OH excluding ortho intramolecular Hbond substituents is 1. The summed E-state index contributed by atoms with van der Waals surface area (Å²) in [5, 5.41) is 12.1. The maximum Gasteiger partial charge on any atom is 0.116 e. The summed E-state index contributed by atoms with van der Waals surface area (Å²) in [4.78, 5) is 0. The van der Waals surface area contributed by atoms with E-state index in [0.717, 1.165) is 17.4 Å². The third-order valence-corrected chi connectivity index (χ3v) is 3.17. The van der Waals surface area contributed by atoms with Crippen molar-refractivity contribution in [1.82, 2.24) is 0 Å². The first kappa shape index (κ1) is 10.8. The Balaban J connectivity index is 2.11. The molecule has 0 saturated carbocycles. The van der Waals surface area contributed by atoms with E-state index in [4.69, 9.17) is 0 Å². The van der Waals surface area contributed by atoms with Crippen LogP contribution in [0.1, 0.15) is 11.1 Å². The van der Waals surface area contributed by atoms with Gasteiger partial charge in [-0.05, 0) is 40.5 Å². The number of hydrogen-bond donors (Lipinski definition) is 1. The first-order chi connectivity index (χ1) is 8.83. The summed E-state index contributed by atoms with van der Waals surface area (Å²) < 4.78 is 0. The molecule has 1 nitrogen and oxygen atoms in total. The van der Waals surface area contributed by atoms with E-state index in [0.29, 0.717) is 5.75 Å². The Hall–Kier alpha value is -2.28. The average molecular weight is 234 g/mol. The van der Waals surface area contributed by atoms with Gasteiger partial charge in [-0.1, -0.05) is 54.6 Å². The van der Waals surface area contributed by atoms with Crippen molar-refractivity contribution in [2.75, 3.05) is 0 Å². The molecule has 3 aromatic rings. The summed E-state index contributed by atoms with van der Waals surface area (Å²) in [7, 11) is 0. The highest BCUT2D eigenvalue weighted by atomic mass is 16.3. The van der Waals surface area contributed by atoms with Crippen molar-refractivity contribution in [2.24, 2.45) is 0 Å². The molecule has 0 amide bonds. The molecule has 0 heterocycles. The normalized spacial score (nSPS) is 10.7. The van der Waals surface area contributed by atoms with E-state index in [2.05, 4.69) is 18.2 Å². The topological polar surface area (TPSA) is 20.2 Å². The van der Waals surface area contributed by atoms with Gasteiger partial charge in [0.2, 0.25) is 0 Å². The first-order valence-electron chi connectivity index (χ1n) is 6.07. The Bertz CT molecular complexity index is 672. The molecule has 18 heavy (non-hydrogen) atoms. The smallest absolute Gasteiger partial charge is 0.116 e. The second-order valence-electron chi connectivity index (χ2n) is 4.49. The lowest BCUT2D eigenvalue weighted by Crippen LogP contribution is -1.89. The number of rotatable bonds is 2. The van der Waals surface area contributed by atoms with Crippen LogP contribution in [0.5, 0.6) is 5.75 Å². The minimum Gasteiger partial charge on any atom is -0.508 e. The lowest BCUT2D eigenvalue weighted by atomic mass is 9.98. The number of aromatic hydroxyl groups is 1. The van der Waals surface area contributed by atoms with E-state index < -0.39 is 0 Å². The molecule has 0 aliphatic carbocycles. The van der Waals surface area contributed by atoms with Gasteiger partial charge in [0, 0.05) is 0 Å². The Morgan fingerprint density at radius 3 is 2.33 bits per heavy atom. The van der Waals surface area contributed by atoms with Gasteiger partial charge in [0.25, 0.3) is 0 Å². The molecular weight excluding hydrogens is 220 g/mol. The van der Waals surface area contributed by atoms with Crippen molar-refractivity contribution in [1.29, 1.82) is 0 Å². The molecule has 0 aromatic heterocycles. The minimum atomic E-state index is 0.333. The van der Waals surface area contributed by atoms with Crippen molar-refractivity contribution in [2.45, 2.75) is 6.42 Å². The van der Waals surface area contributed by atoms with Gasteiger partial charge >= 0.3 is 0 Å². The molecule has 3 aromatic carbocycles. The summed E-state index contributed by atoms with van der Waals surface area (Å²) in [6.07, 6.45) is 0.843. The van der Waals surface area contributed by atoms with E-state index in [9.17, 15) is 5.11 Å². The van der Waals surface area contributed by atoms with Crippen molar-refractivity contribution in [3.63, 3.8) is 0 Å². The summed E-state index contributed by atoms with van der Waals surface area (Å²) in [6.45, 7) is 0. The van der Waals surface area contributed by atoms with Gasteiger partial charge in [-0.2, -0.15) is 0 Å². The second kappa shape index (κ2) is 4.53. The first-order valence-corrected chi connectivity index (χ1v) is 6.07. The van der Waals surface area contributed by atoms with E-state index in [1.54, 1.807) is 0 Å². The van der Waals surface area contributed by atoms with Crippen molar-refractivity contribution < 1.29 is 5.11 Å². The molecule has 0 radical (unpaired) electrons. The molecule has 88 valence electrons. The largest absolute Gasteiger partial charge is 0.508 e. The fraction of sp³-hybridized carbons (Fsp3) is 0.0588. The third kappa shape index (κ3) is 2.07. The van der Waals surface area contributed by atoms with Crippen LogP contribution in [-0.2, 0) is 6.42 Å². The maximum atomic E-state index is 9.79. The summed E-state index contributed by atoms with van der Waals surface area (Å²) in [6, 6.07) is 22.2. The van der Waals surface area contributed by atoms with E-state index in [-0.39, 0.29) is 0 Å². The van der Waals surface area contributed by atoms with Crippen molar-refractivity contribution in [3.05, 3.63) is 77.9 Å². The standard InChI is InChI=1S/C17H14O/c18-16-11-14-8-4-5-9-17(14)15(12-16)10-13-6-2-1-3-7-13/h1-9,11-12,18H,10H2. The fourth-order valence-electron chi connectivity index (χ4n) is 2.33. The van der Waals surface area contributed by atoms with Gasteiger partial charge < -0.3 is 5.11 Å². The average Bonchev–Trinajstić information content (AvgIpc) is 2.40. The minimum absolute atomic E-state index is 0.333. The fourth-order valence-corrected chi connectivity index (χ4v) is 2.33. The van der Waals surface area contributed by atoms with Gasteiger partial charge in [0.05, 0.1) is 0 Å². The molecule has 0 unspecified atom stereocenters. The van der Waals surface area contributed by atoms with Crippen LogP contribution in [0.15, 0.2) is 66.7 Å². The number of benzene rings is 3. The predicted octanol–water partition coefficient (Wildman–Crippen LogP) is 4.14. The number of phenols is 1. The highest BCUT2D eigenvalue weighted by molar-refractivity contribution is 5.87. The van der Waals surface area contributed by atoms with Gasteiger partial charge in [0.1, 0.15) is 5.75 Å². The molecule has 1 N–H and O–H groups in total. The summed E-state index contributed by atoms with van der Waals surface area (Å²) in [5.74, 6) is 0.333. The number of fused-ring (bicyclic) bond motifs is 1. The van der Waals surface area contributed by atoms with Crippen LogP contribution in [0.3, 0.4) is 0 Å². The SMILES string of the molecule is Oc1cc(Cc2ccccc2)c2ccccc2c1. The van der Waals surface area contributed by atoms with Crippen LogP contribution < -0.4 is 0 Å². The third-order valence-electron chi connectivity index (χ3n) is 3.17. The molecular formula is C17H14O. The molecule has 0 aliphatic rings. The molecule has 0 spiro atoms. The number of hydrogen-bond acceptors (Lipinski definition) is 1. The molecule has 1 heteroatoms. The van der Waals surface area contributed by atoms with Crippen LogP contribution in [0.25, 0.3) is 10.8 Å². The van der Waals surface area contributed by atoms with Gasteiger partial charge in [-0.25, -0.2) is 0 Å². The van der Waals surface area contributed by atoms with Crippen LogP contribution in [0.4, 0.5) is 0 Å². The Kier molecular flexibility index (Phi) is 2.73. The van der Waals surface area contributed by atoms with E-state index in [1.165, 1.54) is 10.9 Å². The second-order valence-corrected chi connectivity index (χ2v) is 4.49. The zero-order valence-corrected chi connectivity index (χ0v) is 10.0. The molecule has 3 rings (SSSR count). The summed E-state index contributed by atoms with van der Waals surface area (Å²) in [5.41, 5.74) is 2.42. The summed E-state index contributed by atoms with van der Waals surface area (Å²) >= 11 is 0. The highest BCUT2D eigenvalue weighted by Crippen LogP contribution is 2.26. The quantitative estimate of drug-likeness (QED) is 0.706. The zero-order valence-electron chi connectivity index (χ0n) is 10.0. The van der Waals surface area contributed by atoms with E-state index >= 15 is 0 Å². The van der Waals surface area contributed by atoms with Gasteiger partial charge in [0.15, 0.2) is 0 Å². The van der Waals surface area contributed by atoms with E-state index in [1.807, 2.05) is 48.5 Å². The van der Waals surface area contributed by atoms with Crippen LogP contribution in [0, 0.1) is 0 Å². The van der Waals surface area contributed by atoms with Gasteiger partial charge in [-0.15, -0.1) is 0 Å². The zero-order chi connectivity index (χ0) is 12.4. The van der Waals surface area contributed by atoms with Crippen LogP contribution in [-0.4, -0.2) is 5.11 Å². The van der Waals surface area contributed by atoms with Crippen LogP contribution >= 0.6 is 0 Å². The van der Waals surface area contributed by atoms with Gasteiger partial charge in [-0.3, -0.25) is 0 Å². The molecule has 0 saturated heterocycles. The Morgan fingerprint density at radius 2 is 1.50 bits per heavy atom. The molecule has 0 atom stereocenters. The molecule has 0 bridgehead atoms. The maximum absolute atomic E-state index is 9.79. The molecule has 0 fully saturated rings.